The van der Waals surface area contributed by atoms with Gasteiger partial charge < -0.3 is 9.84 Å². The van der Waals surface area contributed by atoms with Gasteiger partial charge in [-0.3, -0.25) is 0 Å². The van der Waals surface area contributed by atoms with E-state index in [4.69, 9.17) is 4.74 Å². The van der Waals surface area contributed by atoms with Crippen molar-refractivity contribution >= 4 is 5.97 Å². The van der Waals surface area contributed by atoms with E-state index >= 15 is 0 Å². The highest BCUT2D eigenvalue weighted by atomic mass is 16.5. The molecule has 0 aromatic carbocycles. The van der Waals surface area contributed by atoms with E-state index in [1.54, 1.807) is 0 Å². The number of fused-ring (bicyclic) bond motifs is 3. The van der Waals surface area contributed by atoms with Crippen LogP contribution in [-0.2, 0) is 9.53 Å². The fraction of sp³-hybridized carbons (Fsp3) is 0.800. The number of allylic oxidation sites excluding steroid dienone is 1. The van der Waals surface area contributed by atoms with Crippen LogP contribution in [0.1, 0.15) is 79.6 Å². The normalized spacial score (nSPS) is 47.3. The highest BCUT2D eigenvalue weighted by molar-refractivity contribution is 5.88. The smallest absolute Gasteiger partial charge is 0.333 e. The van der Waals surface area contributed by atoms with Crippen molar-refractivity contribution in [3.8, 4) is 0 Å². The van der Waals surface area contributed by atoms with Gasteiger partial charge in [0.2, 0.25) is 0 Å². The van der Waals surface area contributed by atoms with Crippen LogP contribution in [0.2, 0.25) is 0 Å². The summed E-state index contributed by atoms with van der Waals surface area (Å²) in [5.41, 5.74) is 2.06. The molecule has 7 atom stereocenters. The Morgan fingerprint density at radius 2 is 1.86 bits per heavy atom. The first-order valence-corrected chi connectivity index (χ1v) is 11.3. The third kappa shape index (κ3) is 2.54. The van der Waals surface area contributed by atoms with Crippen LogP contribution in [0, 0.1) is 34.0 Å². The SMILES string of the molecule is C=C1[C@@H]2CC[C@@H]3[C@]4(C)CC[C@H](O)C(C)(C)[C@H]4CC[C@@]3(C2)[C@@H]1OC(=O)/C(C)=C/C. The lowest BCUT2D eigenvalue weighted by atomic mass is 9.40. The van der Waals surface area contributed by atoms with Crippen LogP contribution in [0.5, 0.6) is 0 Å². The Bertz CT molecular complexity index is 719. The van der Waals surface area contributed by atoms with Gasteiger partial charge in [0.25, 0.3) is 0 Å². The Balaban J connectivity index is 1.72. The zero-order chi connectivity index (χ0) is 20.5. The zero-order valence-corrected chi connectivity index (χ0v) is 18.4. The van der Waals surface area contributed by atoms with Crippen molar-refractivity contribution in [1.29, 1.82) is 0 Å². The quantitative estimate of drug-likeness (QED) is 0.391. The Hall–Kier alpha value is -1.09. The molecular formula is C25H38O3. The molecule has 4 rings (SSSR count). The lowest BCUT2D eigenvalue weighted by molar-refractivity contribution is -0.201. The highest BCUT2D eigenvalue weighted by Gasteiger charge is 2.68. The largest absolute Gasteiger partial charge is 0.454 e. The topological polar surface area (TPSA) is 46.5 Å². The summed E-state index contributed by atoms with van der Waals surface area (Å²) in [5, 5.41) is 10.7. The molecule has 4 aliphatic carbocycles. The first-order chi connectivity index (χ1) is 13.1. The first kappa shape index (κ1) is 20.2. The molecule has 0 unspecified atom stereocenters. The summed E-state index contributed by atoms with van der Waals surface area (Å²) >= 11 is 0. The highest BCUT2D eigenvalue weighted by Crippen LogP contribution is 2.72. The first-order valence-electron chi connectivity index (χ1n) is 11.3. The van der Waals surface area contributed by atoms with Gasteiger partial charge in [-0.15, -0.1) is 0 Å². The van der Waals surface area contributed by atoms with Gasteiger partial charge in [0.1, 0.15) is 6.10 Å². The molecule has 4 aliphatic rings. The van der Waals surface area contributed by atoms with Crippen LogP contribution in [0.25, 0.3) is 0 Å². The van der Waals surface area contributed by atoms with Gasteiger partial charge in [-0.25, -0.2) is 4.79 Å². The number of esters is 1. The summed E-state index contributed by atoms with van der Waals surface area (Å²) in [7, 11) is 0. The molecular weight excluding hydrogens is 348 g/mol. The predicted octanol–water partition coefficient (Wildman–Crippen LogP) is 5.43. The van der Waals surface area contributed by atoms with Crippen molar-refractivity contribution in [2.24, 2.45) is 34.0 Å². The number of rotatable bonds is 2. The van der Waals surface area contributed by atoms with E-state index in [1.165, 1.54) is 12.8 Å². The van der Waals surface area contributed by atoms with Crippen LogP contribution in [0.3, 0.4) is 0 Å². The molecule has 0 aromatic rings. The third-order valence-electron chi connectivity index (χ3n) is 9.69. The summed E-state index contributed by atoms with van der Waals surface area (Å²) in [6.07, 6.45) is 9.19. The number of carbonyl (C=O) groups is 1. The maximum atomic E-state index is 12.7. The molecule has 0 radical (unpaired) electrons. The molecule has 4 fully saturated rings. The zero-order valence-electron chi connectivity index (χ0n) is 18.4. The summed E-state index contributed by atoms with van der Waals surface area (Å²) in [6, 6.07) is 0. The van der Waals surface area contributed by atoms with Gasteiger partial charge in [-0.2, -0.15) is 0 Å². The summed E-state index contributed by atoms with van der Waals surface area (Å²) in [5.74, 6) is 1.39. The lowest BCUT2D eigenvalue weighted by Crippen LogP contribution is -2.61. The summed E-state index contributed by atoms with van der Waals surface area (Å²) in [4.78, 5) is 12.7. The third-order valence-corrected chi connectivity index (χ3v) is 9.69. The van der Waals surface area contributed by atoms with Gasteiger partial charge >= 0.3 is 5.97 Å². The molecule has 156 valence electrons. The molecule has 0 heterocycles. The summed E-state index contributed by atoms with van der Waals surface area (Å²) < 4.78 is 6.19. The van der Waals surface area contributed by atoms with Crippen molar-refractivity contribution in [2.45, 2.75) is 91.8 Å². The molecule has 3 heteroatoms. The minimum atomic E-state index is -0.208. The second kappa shape index (κ2) is 6.45. The Kier molecular flexibility index (Phi) is 4.65. The Morgan fingerprint density at radius 3 is 2.54 bits per heavy atom. The van der Waals surface area contributed by atoms with E-state index in [0.717, 1.165) is 37.7 Å². The minimum absolute atomic E-state index is 0.0468. The average molecular weight is 387 g/mol. The van der Waals surface area contributed by atoms with Crippen LogP contribution in [-0.4, -0.2) is 23.3 Å². The van der Waals surface area contributed by atoms with E-state index in [0.29, 0.717) is 23.3 Å². The molecule has 0 aromatic heterocycles. The van der Waals surface area contributed by atoms with Crippen molar-refractivity contribution in [3.63, 3.8) is 0 Å². The van der Waals surface area contributed by atoms with E-state index < -0.39 is 0 Å². The monoisotopic (exact) mass is 386 g/mol. The fourth-order valence-electron chi connectivity index (χ4n) is 8.06. The molecule has 4 saturated carbocycles. The number of hydrogen-bond acceptors (Lipinski definition) is 3. The molecule has 0 aliphatic heterocycles. The van der Waals surface area contributed by atoms with Crippen LogP contribution in [0.15, 0.2) is 23.8 Å². The van der Waals surface area contributed by atoms with Crippen LogP contribution in [0.4, 0.5) is 0 Å². The molecule has 2 bridgehead atoms. The molecule has 28 heavy (non-hydrogen) atoms. The molecule has 3 nitrogen and oxygen atoms in total. The van der Waals surface area contributed by atoms with Crippen molar-refractivity contribution in [2.75, 3.05) is 0 Å². The number of ether oxygens (including phenoxy) is 1. The van der Waals surface area contributed by atoms with Gasteiger partial charge in [-0.05, 0) is 93.0 Å². The van der Waals surface area contributed by atoms with Crippen molar-refractivity contribution in [3.05, 3.63) is 23.8 Å². The van der Waals surface area contributed by atoms with Gasteiger partial charge in [0.05, 0.1) is 6.10 Å². The molecule has 0 amide bonds. The second-order valence-electron chi connectivity index (χ2n) is 11.1. The number of aliphatic hydroxyl groups is 1. The van der Waals surface area contributed by atoms with Gasteiger partial charge in [0.15, 0.2) is 0 Å². The second-order valence-corrected chi connectivity index (χ2v) is 11.1. The van der Waals surface area contributed by atoms with Crippen molar-refractivity contribution in [1.82, 2.24) is 0 Å². The molecule has 1 N–H and O–H groups in total. The van der Waals surface area contributed by atoms with Crippen LogP contribution >= 0.6 is 0 Å². The fourth-order valence-corrected chi connectivity index (χ4v) is 8.06. The maximum absolute atomic E-state index is 12.7. The number of hydrogen-bond donors (Lipinski definition) is 1. The van der Waals surface area contributed by atoms with Gasteiger partial charge in [-0.1, -0.05) is 33.4 Å². The lowest BCUT2D eigenvalue weighted by Gasteiger charge is -2.65. The average Bonchev–Trinajstić information content (AvgIpc) is 2.84. The predicted molar refractivity (Wildman–Crippen MR) is 112 cm³/mol. The number of carbonyl (C=O) groups excluding carboxylic acids is 1. The van der Waals surface area contributed by atoms with Crippen LogP contribution < -0.4 is 0 Å². The van der Waals surface area contributed by atoms with E-state index in [9.17, 15) is 9.90 Å². The molecule has 0 saturated heterocycles. The van der Waals surface area contributed by atoms with Gasteiger partial charge in [0, 0.05) is 11.0 Å². The maximum Gasteiger partial charge on any atom is 0.333 e. The minimum Gasteiger partial charge on any atom is -0.454 e. The summed E-state index contributed by atoms with van der Waals surface area (Å²) in [6.45, 7) is 15.2. The van der Waals surface area contributed by atoms with Crippen molar-refractivity contribution < 1.29 is 14.6 Å². The van der Waals surface area contributed by atoms with E-state index in [-0.39, 0.29) is 34.4 Å². The van der Waals surface area contributed by atoms with E-state index in [1.807, 2.05) is 19.9 Å². The number of aliphatic hydroxyl groups excluding tert-OH is 1. The molecule has 1 spiro atoms. The van der Waals surface area contributed by atoms with E-state index in [2.05, 4.69) is 27.4 Å². The Labute approximate surface area is 170 Å². The standard InChI is InChI=1S/C25H38O3/c1-7-15(2)22(27)28-21-16(3)17-8-9-19-24(6)12-11-20(26)23(4,5)18(24)10-13-25(19,21)14-17/h7,17-21,26H,3,8-14H2,1-2,4-6H3/b15-7+/t17-,18-,19-,20+,21-,24-,25+/m1/s1. The Morgan fingerprint density at radius 1 is 1.14 bits per heavy atom.